The molecule has 1 fully saturated rings. The minimum atomic E-state index is -0.0144. The van der Waals surface area contributed by atoms with Crippen LogP contribution in [-0.2, 0) is 9.53 Å². The maximum absolute atomic E-state index is 11.4. The van der Waals surface area contributed by atoms with E-state index in [1.165, 1.54) is 0 Å². The molecular formula is C9H17NO2. The number of Topliss-reactive ketones (excluding diaryl/α,β-unsaturated/α-hetero) is 1. The largest absolute Gasteiger partial charge is 0.381 e. The molecule has 1 aliphatic rings. The van der Waals surface area contributed by atoms with Gasteiger partial charge in [0, 0.05) is 25.0 Å². The van der Waals surface area contributed by atoms with Crippen LogP contribution in [0.4, 0.5) is 0 Å². The van der Waals surface area contributed by atoms with Crippen LogP contribution in [0.1, 0.15) is 26.2 Å². The zero-order chi connectivity index (χ0) is 8.97. The first-order valence-corrected chi connectivity index (χ1v) is 4.56. The summed E-state index contributed by atoms with van der Waals surface area (Å²) in [5.41, 5.74) is 5.54. The quantitative estimate of drug-likeness (QED) is 0.680. The minimum absolute atomic E-state index is 0.0144. The standard InChI is InChI=1S/C9H17NO2/c1-7(10)5-9(11)8-3-2-4-12-6-8/h7-8H,2-6,10H2,1H3. The molecular weight excluding hydrogens is 154 g/mol. The molecule has 0 aliphatic carbocycles. The van der Waals surface area contributed by atoms with Crippen LogP contribution in [-0.4, -0.2) is 25.0 Å². The number of rotatable bonds is 3. The smallest absolute Gasteiger partial charge is 0.139 e. The van der Waals surface area contributed by atoms with Crippen molar-refractivity contribution in [3.05, 3.63) is 0 Å². The molecule has 2 N–H and O–H groups in total. The van der Waals surface area contributed by atoms with Gasteiger partial charge in [-0.15, -0.1) is 0 Å². The van der Waals surface area contributed by atoms with Gasteiger partial charge in [-0.25, -0.2) is 0 Å². The molecule has 0 radical (unpaired) electrons. The maximum atomic E-state index is 11.4. The van der Waals surface area contributed by atoms with E-state index in [2.05, 4.69) is 0 Å². The normalized spacial score (nSPS) is 26.7. The molecule has 0 aromatic heterocycles. The van der Waals surface area contributed by atoms with E-state index in [0.717, 1.165) is 19.4 Å². The average molecular weight is 171 g/mol. The highest BCUT2D eigenvalue weighted by Gasteiger charge is 2.21. The third-order valence-corrected chi connectivity index (χ3v) is 2.14. The molecule has 1 rings (SSSR count). The number of carbonyl (C=O) groups is 1. The average Bonchev–Trinajstić information content (AvgIpc) is 2.05. The Morgan fingerprint density at radius 3 is 3.00 bits per heavy atom. The zero-order valence-electron chi connectivity index (χ0n) is 7.58. The van der Waals surface area contributed by atoms with Crippen molar-refractivity contribution >= 4 is 5.78 Å². The Balaban J connectivity index is 2.30. The van der Waals surface area contributed by atoms with Gasteiger partial charge in [0.15, 0.2) is 0 Å². The predicted octanol–water partition coefficient (Wildman–Crippen LogP) is 0.719. The molecule has 0 aromatic rings. The topological polar surface area (TPSA) is 52.3 Å². The van der Waals surface area contributed by atoms with Crippen LogP contribution < -0.4 is 5.73 Å². The minimum Gasteiger partial charge on any atom is -0.381 e. The fourth-order valence-electron chi connectivity index (χ4n) is 1.48. The molecule has 0 spiro atoms. The number of nitrogens with two attached hydrogens (primary N) is 1. The number of ether oxygens (including phenoxy) is 1. The van der Waals surface area contributed by atoms with Gasteiger partial charge < -0.3 is 10.5 Å². The Labute approximate surface area is 73.3 Å². The molecule has 70 valence electrons. The van der Waals surface area contributed by atoms with Crippen LogP contribution in [0.15, 0.2) is 0 Å². The molecule has 0 bridgehead atoms. The molecule has 1 heterocycles. The highest BCUT2D eigenvalue weighted by Crippen LogP contribution is 2.16. The van der Waals surface area contributed by atoms with Crippen molar-refractivity contribution in [2.24, 2.45) is 11.7 Å². The first-order valence-electron chi connectivity index (χ1n) is 4.56. The summed E-state index contributed by atoms with van der Waals surface area (Å²) in [6.45, 7) is 3.27. The monoisotopic (exact) mass is 171 g/mol. The van der Waals surface area contributed by atoms with E-state index >= 15 is 0 Å². The summed E-state index contributed by atoms with van der Waals surface area (Å²) >= 11 is 0. The first kappa shape index (κ1) is 9.68. The van der Waals surface area contributed by atoms with E-state index in [4.69, 9.17) is 10.5 Å². The van der Waals surface area contributed by atoms with Crippen LogP contribution in [0.2, 0.25) is 0 Å². The van der Waals surface area contributed by atoms with Gasteiger partial charge in [0.05, 0.1) is 6.61 Å². The molecule has 1 aliphatic heterocycles. The fourth-order valence-corrected chi connectivity index (χ4v) is 1.48. The van der Waals surface area contributed by atoms with E-state index in [1.807, 2.05) is 6.92 Å². The van der Waals surface area contributed by atoms with E-state index < -0.39 is 0 Å². The summed E-state index contributed by atoms with van der Waals surface area (Å²) in [4.78, 5) is 11.4. The van der Waals surface area contributed by atoms with Gasteiger partial charge in [-0.1, -0.05) is 0 Å². The molecule has 0 saturated carbocycles. The Hall–Kier alpha value is -0.410. The Morgan fingerprint density at radius 2 is 2.50 bits per heavy atom. The maximum Gasteiger partial charge on any atom is 0.139 e. The van der Waals surface area contributed by atoms with E-state index in [1.54, 1.807) is 0 Å². The van der Waals surface area contributed by atoms with Crippen LogP contribution in [0, 0.1) is 5.92 Å². The van der Waals surface area contributed by atoms with Gasteiger partial charge in [0.25, 0.3) is 0 Å². The summed E-state index contributed by atoms with van der Waals surface area (Å²) < 4.78 is 5.22. The van der Waals surface area contributed by atoms with Crippen LogP contribution in [0.25, 0.3) is 0 Å². The highest BCUT2D eigenvalue weighted by molar-refractivity contribution is 5.81. The van der Waals surface area contributed by atoms with Crippen LogP contribution >= 0.6 is 0 Å². The number of carbonyl (C=O) groups excluding carboxylic acids is 1. The van der Waals surface area contributed by atoms with Crippen LogP contribution in [0.5, 0.6) is 0 Å². The van der Waals surface area contributed by atoms with Crippen molar-refractivity contribution in [3.8, 4) is 0 Å². The van der Waals surface area contributed by atoms with Gasteiger partial charge >= 0.3 is 0 Å². The van der Waals surface area contributed by atoms with Crippen molar-refractivity contribution in [1.29, 1.82) is 0 Å². The summed E-state index contributed by atoms with van der Waals surface area (Å²) in [5.74, 6) is 0.384. The lowest BCUT2D eigenvalue weighted by atomic mass is 9.94. The van der Waals surface area contributed by atoms with Crippen molar-refractivity contribution in [1.82, 2.24) is 0 Å². The molecule has 0 aromatic carbocycles. The molecule has 3 nitrogen and oxygen atoms in total. The van der Waals surface area contributed by atoms with Crippen molar-refractivity contribution in [2.75, 3.05) is 13.2 Å². The molecule has 0 amide bonds. The Morgan fingerprint density at radius 1 is 1.75 bits per heavy atom. The zero-order valence-corrected chi connectivity index (χ0v) is 7.58. The summed E-state index contributed by atoms with van der Waals surface area (Å²) in [6, 6.07) is -0.0144. The first-order chi connectivity index (χ1) is 5.70. The van der Waals surface area contributed by atoms with Crippen molar-refractivity contribution in [3.63, 3.8) is 0 Å². The van der Waals surface area contributed by atoms with Crippen LogP contribution in [0.3, 0.4) is 0 Å². The van der Waals surface area contributed by atoms with Crippen molar-refractivity contribution in [2.45, 2.75) is 32.2 Å². The van der Waals surface area contributed by atoms with E-state index in [-0.39, 0.29) is 17.7 Å². The SMILES string of the molecule is CC(N)CC(=O)C1CCCOC1. The molecule has 1 saturated heterocycles. The lowest BCUT2D eigenvalue weighted by Gasteiger charge is -2.21. The van der Waals surface area contributed by atoms with E-state index in [0.29, 0.717) is 13.0 Å². The second kappa shape index (κ2) is 4.58. The van der Waals surface area contributed by atoms with Gasteiger partial charge in [-0.3, -0.25) is 4.79 Å². The molecule has 2 atom stereocenters. The summed E-state index contributed by atoms with van der Waals surface area (Å²) in [6.07, 6.45) is 2.48. The van der Waals surface area contributed by atoms with Gasteiger partial charge in [-0.2, -0.15) is 0 Å². The lowest BCUT2D eigenvalue weighted by Crippen LogP contribution is -2.29. The summed E-state index contributed by atoms with van der Waals surface area (Å²) in [5, 5.41) is 0. The molecule has 12 heavy (non-hydrogen) atoms. The second-order valence-electron chi connectivity index (χ2n) is 3.56. The van der Waals surface area contributed by atoms with Crippen molar-refractivity contribution < 1.29 is 9.53 Å². The number of ketones is 1. The third kappa shape index (κ3) is 2.91. The van der Waals surface area contributed by atoms with E-state index in [9.17, 15) is 4.79 Å². The predicted molar refractivity (Wildman–Crippen MR) is 46.8 cm³/mol. The second-order valence-corrected chi connectivity index (χ2v) is 3.56. The Bertz CT molecular complexity index is 151. The van der Waals surface area contributed by atoms with Gasteiger partial charge in [0.2, 0.25) is 0 Å². The number of hydrogen-bond donors (Lipinski definition) is 1. The lowest BCUT2D eigenvalue weighted by molar-refractivity contribution is -0.127. The fraction of sp³-hybridized carbons (Fsp3) is 0.889. The number of hydrogen-bond acceptors (Lipinski definition) is 3. The Kier molecular flexibility index (Phi) is 3.69. The highest BCUT2D eigenvalue weighted by atomic mass is 16.5. The summed E-state index contributed by atoms with van der Waals surface area (Å²) in [7, 11) is 0. The molecule has 2 unspecified atom stereocenters. The third-order valence-electron chi connectivity index (χ3n) is 2.14. The molecule has 3 heteroatoms. The van der Waals surface area contributed by atoms with Gasteiger partial charge in [0.1, 0.15) is 5.78 Å². The van der Waals surface area contributed by atoms with Gasteiger partial charge in [-0.05, 0) is 19.8 Å².